The molecule has 0 unspecified atom stereocenters. The van der Waals surface area contributed by atoms with Crippen LogP contribution in [0.15, 0.2) is 71.1 Å². The maximum Gasteiger partial charge on any atom is 0.418 e. The van der Waals surface area contributed by atoms with E-state index in [4.69, 9.17) is 0 Å². The molecule has 0 aliphatic carbocycles. The lowest BCUT2D eigenvalue weighted by molar-refractivity contribution is -0.137. The topological polar surface area (TPSA) is 54.9 Å². The maximum atomic E-state index is 13.1. The van der Waals surface area contributed by atoms with Gasteiger partial charge < -0.3 is 5.32 Å². The van der Waals surface area contributed by atoms with Crippen molar-refractivity contribution in [1.29, 1.82) is 0 Å². The normalized spacial score (nSPS) is 11.6. The first-order valence-corrected chi connectivity index (χ1v) is 10.7. The number of thiophene rings is 1. The second-order valence-electron chi connectivity index (χ2n) is 6.23. The van der Waals surface area contributed by atoms with Gasteiger partial charge in [-0.3, -0.25) is 4.79 Å². The van der Waals surface area contributed by atoms with E-state index in [1.54, 1.807) is 0 Å². The number of para-hydroxylation sites is 2. The summed E-state index contributed by atoms with van der Waals surface area (Å²) in [5, 5.41) is 5.66. The number of thioether (sulfide) groups is 1. The van der Waals surface area contributed by atoms with Crippen molar-refractivity contribution in [3.63, 3.8) is 0 Å². The van der Waals surface area contributed by atoms with E-state index in [1.807, 2.05) is 41.8 Å². The lowest BCUT2D eigenvalue weighted by Gasteiger charge is -2.13. The van der Waals surface area contributed by atoms with Gasteiger partial charge in [0, 0.05) is 5.39 Å². The van der Waals surface area contributed by atoms with Crippen LogP contribution in [-0.2, 0) is 11.0 Å². The molecule has 0 saturated heterocycles. The van der Waals surface area contributed by atoms with E-state index < -0.39 is 17.6 Å². The van der Waals surface area contributed by atoms with E-state index in [1.165, 1.54) is 29.5 Å². The molecule has 4 rings (SSSR count). The van der Waals surface area contributed by atoms with Gasteiger partial charge in [0.15, 0.2) is 5.82 Å². The van der Waals surface area contributed by atoms with Crippen molar-refractivity contribution in [2.75, 3.05) is 11.1 Å². The quantitative estimate of drug-likeness (QED) is 0.298. The van der Waals surface area contributed by atoms with E-state index >= 15 is 0 Å². The van der Waals surface area contributed by atoms with Crippen LogP contribution in [0.3, 0.4) is 0 Å². The first-order chi connectivity index (χ1) is 14.4. The van der Waals surface area contributed by atoms with Crippen LogP contribution in [0, 0.1) is 0 Å². The minimum Gasteiger partial charge on any atom is -0.325 e. The Morgan fingerprint density at radius 3 is 2.53 bits per heavy atom. The Hall–Kier alpha value is -2.91. The number of fused-ring (bicyclic) bond motifs is 1. The van der Waals surface area contributed by atoms with Crippen molar-refractivity contribution < 1.29 is 18.0 Å². The Labute approximate surface area is 178 Å². The van der Waals surface area contributed by atoms with Gasteiger partial charge in [0.05, 0.1) is 27.4 Å². The summed E-state index contributed by atoms with van der Waals surface area (Å²) >= 11 is 2.67. The van der Waals surface area contributed by atoms with E-state index in [9.17, 15) is 18.0 Å². The summed E-state index contributed by atoms with van der Waals surface area (Å²) in [5.41, 5.74) is -0.403. The van der Waals surface area contributed by atoms with Crippen molar-refractivity contribution in [3.05, 3.63) is 71.6 Å². The van der Waals surface area contributed by atoms with Crippen molar-refractivity contribution in [2.45, 2.75) is 11.2 Å². The minimum absolute atomic E-state index is 0.0862. The molecule has 4 aromatic rings. The molecule has 2 aromatic heterocycles. The van der Waals surface area contributed by atoms with Crippen molar-refractivity contribution in [1.82, 2.24) is 9.97 Å². The molecular weight excluding hydrogens is 431 g/mol. The molecule has 9 heteroatoms. The fourth-order valence-electron chi connectivity index (χ4n) is 2.83. The second-order valence-corrected chi connectivity index (χ2v) is 8.14. The van der Waals surface area contributed by atoms with Crippen LogP contribution in [-0.4, -0.2) is 21.6 Å². The summed E-state index contributed by atoms with van der Waals surface area (Å²) in [6.45, 7) is 0. The molecule has 1 amide bonds. The zero-order valence-electron chi connectivity index (χ0n) is 15.3. The van der Waals surface area contributed by atoms with E-state index in [0.717, 1.165) is 33.6 Å². The molecule has 2 heterocycles. The van der Waals surface area contributed by atoms with Gasteiger partial charge >= 0.3 is 6.18 Å². The fraction of sp³-hybridized carbons (Fsp3) is 0.0952. The number of hydrogen-bond acceptors (Lipinski definition) is 5. The Balaban J connectivity index is 1.56. The number of alkyl halides is 3. The van der Waals surface area contributed by atoms with Gasteiger partial charge in [0.1, 0.15) is 5.03 Å². The number of nitrogens with one attached hydrogen (secondary N) is 1. The van der Waals surface area contributed by atoms with Crippen molar-refractivity contribution in [3.8, 4) is 10.7 Å². The third-order valence-corrected chi connectivity index (χ3v) is 6.01. The average molecular weight is 445 g/mol. The number of aromatic nitrogens is 2. The fourth-order valence-corrected chi connectivity index (χ4v) is 4.31. The number of carbonyl (C=O) groups excluding carboxylic acids is 1. The molecule has 0 fully saturated rings. The Bertz CT molecular complexity index is 1190. The molecule has 152 valence electrons. The zero-order chi connectivity index (χ0) is 21.1. The lowest BCUT2D eigenvalue weighted by Crippen LogP contribution is -2.18. The molecule has 0 aliphatic rings. The number of anilines is 1. The lowest BCUT2D eigenvalue weighted by atomic mass is 10.1. The van der Waals surface area contributed by atoms with Crippen LogP contribution in [0.5, 0.6) is 0 Å². The number of nitrogens with zero attached hydrogens (tertiary/aromatic N) is 2. The molecule has 1 N–H and O–H groups in total. The SMILES string of the molecule is O=C(CSc1nc(-c2cccs2)nc2ccccc12)Nc1ccccc1C(F)(F)F. The monoisotopic (exact) mass is 445 g/mol. The highest BCUT2D eigenvalue weighted by Crippen LogP contribution is 2.35. The number of carbonyl (C=O) groups is 1. The number of halogens is 3. The maximum absolute atomic E-state index is 13.1. The van der Waals surface area contributed by atoms with Gasteiger partial charge in [-0.25, -0.2) is 9.97 Å². The molecule has 0 atom stereocenters. The second kappa shape index (κ2) is 8.45. The first-order valence-electron chi connectivity index (χ1n) is 8.81. The largest absolute Gasteiger partial charge is 0.418 e. The summed E-state index contributed by atoms with van der Waals surface area (Å²) in [6.07, 6.45) is -4.55. The molecule has 0 saturated carbocycles. The van der Waals surface area contributed by atoms with Crippen LogP contribution in [0.2, 0.25) is 0 Å². The van der Waals surface area contributed by atoms with Gasteiger partial charge in [-0.1, -0.05) is 48.2 Å². The third-order valence-electron chi connectivity index (χ3n) is 4.16. The highest BCUT2D eigenvalue weighted by molar-refractivity contribution is 8.00. The standard InChI is InChI=1S/C21H14F3N3OS2/c22-21(23,24)14-7-2-4-9-16(14)25-18(28)12-30-20-13-6-1-3-8-15(13)26-19(27-20)17-10-5-11-29-17/h1-11H,12H2,(H,25,28). The third kappa shape index (κ3) is 4.47. The highest BCUT2D eigenvalue weighted by atomic mass is 32.2. The van der Waals surface area contributed by atoms with E-state index in [2.05, 4.69) is 15.3 Å². The van der Waals surface area contributed by atoms with Gasteiger partial charge in [-0.2, -0.15) is 13.2 Å². The van der Waals surface area contributed by atoms with E-state index in [0.29, 0.717) is 10.9 Å². The molecule has 0 radical (unpaired) electrons. The summed E-state index contributed by atoms with van der Waals surface area (Å²) in [6, 6.07) is 16.1. The van der Waals surface area contributed by atoms with Gasteiger partial charge in [-0.15, -0.1) is 11.3 Å². The number of hydrogen-bond donors (Lipinski definition) is 1. The Morgan fingerprint density at radius 1 is 1.00 bits per heavy atom. The molecule has 0 bridgehead atoms. The minimum atomic E-state index is -4.55. The average Bonchev–Trinajstić information content (AvgIpc) is 3.26. The summed E-state index contributed by atoms with van der Waals surface area (Å²) in [7, 11) is 0. The van der Waals surface area contributed by atoms with Crippen LogP contribution >= 0.6 is 23.1 Å². The van der Waals surface area contributed by atoms with Crippen LogP contribution in [0.4, 0.5) is 18.9 Å². The van der Waals surface area contributed by atoms with Crippen molar-refractivity contribution in [2.24, 2.45) is 0 Å². The summed E-state index contributed by atoms with van der Waals surface area (Å²) in [5.74, 6) is -0.0806. The van der Waals surface area contributed by atoms with Crippen LogP contribution in [0.1, 0.15) is 5.56 Å². The Morgan fingerprint density at radius 2 is 1.77 bits per heavy atom. The summed E-state index contributed by atoms with van der Waals surface area (Å²) < 4.78 is 39.4. The smallest absolute Gasteiger partial charge is 0.325 e. The number of rotatable bonds is 5. The number of amides is 1. The van der Waals surface area contributed by atoms with Gasteiger partial charge in [-0.05, 0) is 29.6 Å². The molecule has 4 nitrogen and oxygen atoms in total. The molecule has 30 heavy (non-hydrogen) atoms. The first kappa shape index (κ1) is 20.4. The van der Waals surface area contributed by atoms with Crippen molar-refractivity contribution >= 4 is 45.6 Å². The predicted octanol–water partition coefficient (Wildman–Crippen LogP) is 6.11. The Kier molecular flexibility index (Phi) is 5.74. The van der Waals surface area contributed by atoms with E-state index in [-0.39, 0.29) is 11.4 Å². The highest BCUT2D eigenvalue weighted by Gasteiger charge is 2.33. The van der Waals surface area contributed by atoms with Crippen LogP contribution < -0.4 is 5.32 Å². The number of benzene rings is 2. The molecule has 0 spiro atoms. The van der Waals surface area contributed by atoms with Gasteiger partial charge in [0.25, 0.3) is 0 Å². The van der Waals surface area contributed by atoms with Crippen LogP contribution in [0.25, 0.3) is 21.6 Å². The summed E-state index contributed by atoms with van der Waals surface area (Å²) in [4.78, 5) is 22.4. The molecular formula is C21H14F3N3OS2. The molecule has 2 aromatic carbocycles. The van der Waals surface area contributed by atoms with Gasteiger partial charge in [0.2, 0.25) is 5.91 Å². The molecule has 0 aliphatic heterocycles. The predicted molar refractivity (Wildman–Crippen MR) is 114 cm³/mol. The zero-order valence-corrected chi connectivity index (χ0v) is 16.9.